The van der Waals surface area contributed by atoms with E-state index < -0.39 is 0 Å². The molecule has 2 unspecified atom stereocenters. The molecule has 1 aliphatic heterocycles. The Labute approximate surface area is 120 Å². The summed E-state index contributed by atoms with van der Waals surface area (Å²) in [5.41, 5.74) is 0. The molecule has 0 aliphatic carbocycles. The Kier molecular flexibility index (Phi) is 7.98. The summed E-state index contributed by atoms with van der Waals surface area (Å²) in [5, 5.41) is 10.4. The summed E-state index contributed by atoms with van der Waals surface area (Å²) in [6, 6.07) is 2.42. The van der Waals surface area contributed by atoms with E-state index in [9.17, 15) is 4.79 Å². The molecular weight excluding hydrogens is 275 g/mol. The Bertz CT molecular complexity index is 345. The molecule has 0 saturated carbocycles. The van der Waals surface area contributed by atoms with Gasteiger partial charge in [0.15, 0.2) is 0 Å². The average molecular weight is 295 g/mol. The summed E-state index contributed by atoms with van der Waals surface area (Å²) in [4.78, 5) is 11.7. The number of halogens is 2. The molecule has 1 aliphatic rings. The number of carbonyl (C=O) groups is 1. The highest BCUT2D eigenvalue weighted by Crippen LogP contribution is 2.07. The quantitative estimate of drug-likeness (QED) is 0.874. The zero-order valence-corrected chi connectivity index (χ0v) is 12.0. The number of nitrogens with zero attached hydrogens (tertiary/aromatic N) is 2. The maximum Gasteiger partial charge on any atom is 0.242 e. The van der Waals surface area contributed by atoms with Crippen molar-refractivity contribution >= 4 is 30.7 Å². The van der Waals surface area contributed by atoms with Crippen molar-refractivity contribution in [2.45, 2.75) is 38.4 Å². The maximum atomic E-state index is 11.7. The van der Waals surface area contributed by atoms with Crippen molar-refractivity contribution in [1.82, 2.24) is 20.4 Å². The van der Waals surface area contributed by atoms with Gasteiger partial charge in [-0.15, -0.1) is 24.8 Å². The standard InChI is InChI=1S/C11H18N4O.2ClH/c1-9-10(4-2-5-12-9)14-11(16)8-15-7-3-6-13-15;;/h3,6-7,9-10,12H,2,4-5,8H2,1H3,(H,14,16);2*1H. The van der Waals surface area contributed by atoms with Crippen LogP contribution in [0, 0.1) is 0 Å². The van der Waals surface area contributed by atoms with Crippen molar-refractivity contribution in [2.75, 3.05) is 6.54 Å². The van der Waals surface area contributed by atoms with Gasteiger partial charge in [0, 0.05) is 24.5 Å². The molecule has 1 aromatic rings. The molecule has 1 aromatic heterocycles. The molecule has 104 valence electrons. The molecule has 5 nitrogen and oxygen atoms in total. The van der Waals surface area contributed by atoms with Gasteiger partial charge in [-0.25, -0.2) is 0 Å². The third-order valence-electron chi connectivity index (χ3n) is 2.97. The molecule has 0 radical (unpaired) electrons. The Balaban J connectivity index is 0.00000144. The monoisotopic (exact) mass is 294 g/mol. The van der Waals surface area contributed by atoms with E-state index in [0.717, 1.165) is 19.4 Å². The second kappa shape index (κ2) is 8.34. The number of aromatic nitrogens is 2. The molecule has 2 N–H and O–H groups in total. The Morgan fingerprint density at radius 2 is 2.33 bits per heavy atom. The van der Waals surface area contributed by atoms with Gasteiger partial charge >= 0.3 is 0 Å². The number of amides is 1. The van der Waals surface area contributed by atoms with Crippen LogP contribution >= 0.6 is 24.8 Å². The van der Waals surface area contributed by atoms with Gasteiger partial charge in [-0.1, -0.05) is 0 Å². The molecule has 7 heteroatoms. The Hall–Kier alpha value is -0.780. The first-order chi connectivity index (χ1) is 7.75. The minimum absolute atomic E-state index is 0. The molecule has 1 fully saturated rings. The first-order valence-electron chi connectivity index (χ1n) is 5.76. The number of nitrogens with one attached hydrogen (secondary N) is 2. The highest BCUT2D eigenvalue weighted by Gasteiger charge is 2.22. The van der Waals surface area contributed by atoms with Crippen LogP contribution in [0.2, 0.25) is 0 Å². The van der Waals surface area contributed by atoms with E-state index in [4.69, 9.17) is 0 Å². The number of piperidine rings is 1. The van der Waals surface area contributed by atoms with Crippen molar-refractivity contribution < 1.29 is 4.79 Å². The number of hydrogen-bond donors (Lipinski definition) is 2. The van der Waals surface area contributed by atoms with Crippen molar-refractivity contribution in [3.63, 3.8) is 0 Å². The number of hydrogen-bond acceptors (Lipinski definition) is 3. The molecule has 1 amide bonds. The molecule has 2 atom stereocenters. The molecule has 2 heterocycles. The van der Waals surface area contributed by atoms with E-state index in [1.54, 1.807) is 17.1 Å². The predicted molar refractivity (Wildman–Crippen MR) is 75.4 cm³/mol. The van der Waals surface area contributed by atoms with Gasteiger partial charge in [0.05, 0.1) is 0 Å². The van der Waals surface area contributed by atoms with Crippen LogP contribution in [0.1, 0.15) is 19.8 Å². The van der Waals surface area contributed by atoms with Crippen LogP contribution in [0.4, 0.5) is 0 Å². The molecule has 18 heavy (non-hydrogen) atoms. The molecular formula is C11H20Cl2N4O. The van der Waals surface area contributed by atoms with Crippen LogP contribution in [-0.2, 0) is 11.3 Å². The van der Waals surface area contributed by atoms with Gasteiger partial charge in [0.1, 0.15) is 6.54 Å². The lowest BCUT2D eigenvalue weighted by Gasteiger charge is -2.30. The average Bonchev–Trinajstić information content (AvgIpc) is 2.74. The molecule has 0 spiro atoms. The zero-order chi connectivity index (χ0) is 11.4. The van der Waals surface area contributed by atoms with Crippen molar-refractivity contribution in [2.24, 2.45) is 0 Å². The lowest BCUT2D eigenvalue weighted by atomic mass is 10.00. The van der Waals surface area contributed by atoms with Crippen LogP contribution in [-0.4, -0.2) is 34.3 Å². The van der Waals surface area contributed by atoms with Gasteiger partial charge in [0.25, 0.3) is 0 Å². The zero-order valence-electron chi connectivity index (χ0n) is 10.3. The highest BCUT2D eigenvalue weighted by molar-refractivity contribution is 5.85. The summed E-state index contributed by atoms with van der Waals surface area (Å²) >= 11 is 0. The fourth-order valence-electron chi connectivity index (χ4n) is 2.03. The van der Waals surface area contributed by atoms with E-state index >= 15 is 0 Å². The third-order valence-corrected chi connectivity index (χ3v) is 2.97. The Morgan fingerprint density at radius 1 is 1.56 bits per heavy atom. The normalized spacial score (nSPS) is 22.5. The summed E-state index contributed by atoms with van der Waals surface area (Å²) in [6.45, 7) is 3.46. The topological polar surface area (TPSA) is 58.9 Å². The molecule has 1 saturated heterocycles. The third kappa shape index (κ3) is 4.84. The second-order valence-corrected chi connectivity index (χ2v) is 4.26. The second-order valence-electron chi connectivity index (χ2n) is 4.26. The van der Waals surface area contributed by atoms with Gasteiger partial charge in [-0.2, -0.15) is 5.10 Å². The summed E-state index contributed by atoms with van der Waals surface area (Å²) < 4.78 is 1.64. The van der Waals surface area contributed by atoms with Crippen LogP contribution in [0.3, 0.4) is 0 Å². The van der Waals surface area contributed by atoms with Gasteiger partial charge < -0.3 is 10.6 Å². The fourth-order valence-corrected chi connectivity index (χ4v) is 2.03. The van der Waals surface area contributed by atoms with Gasteiger partial charge in [-0.05, 0) is 32.4 Å². The van der Waals surface area contributed by atoms with Crippen molar-refractivity contribution in [3.05, 3.63) is 18.5 Å². The SMILES string of the molecule is CC1NCCCC1NC(=O)Cn1cccn1.Cl.Cl. The minimum Gasteiger partial charge on any atom is -0.350 e. The summed E-state index contributed by atoms with van der Waals surface area (Å²) in [7, 11) is 0. The van der Waals surface area contributed by atoms with E-state index in [1.807, 2.05) is 6.07 Å². The number of carbonyl (C=O) groups excluding carboxylic acids is 1. The van der Waals surface area contributed by atoms with Gasteiger partial charge in [-0.3, -0.25) is 9.48 Å². The van der Waals surface area contributed by atoms with Crippen molar-refractivity contribution in [3.8, 4) is 0 Å². The van der Waals surface area contributed by atoms with E-state index in [0.29, 0.717) is 12.6 Å². The summed E-state index contributed by atoms with van der Waals surface area (Å²) in [6.07, 6.45) is 5.65. The van der Waals surface area contributed by atoms with Crippen LogP contribution in [0.5, 0.6) is 0 Å². The van der Waals surface area contributed by atoms with Crippen molar-refractivity contribution in [1.29, 1.82) is 0 Å². The van der Waals surface area contributed by atoms with E-state index in [1.165, 1.54) is 0 Å². The smallest absolute Gasteiger partial charge is 0.242 e. The molecule has 0 aromatic carbocycles. The summed E-state index contributed by atoms with van der Waals surface area (Å²) in [5.74, 6) is 0.0317. The first-order valence-corrected chi connectivity index (χ1v) is 5.76. The Morgan fingerprint density at radius 3 is 2.94 bits per heavy atom. The fraction of sp³-hybridized carbons (Fsp3) is 0.636. The lowest BCUT2D eigenvalue weighted by Crippen LogP contribution is -2.52. The molecule has 2 rings (SSSR count). The maximum absolute atomic E-state index is 11.7. The van der Waals surface area contributed by atoms with Crippen LogP contribution in [0.25, 0.3) is 0 Å². The van der Waals surface area contributed by atoms with E-state index in [2.05, 4.69) is 22.7 Å². The lowest BCUT2D eigenvalue weighted by molar-refractivity contribution is -0.122. The van der Waals surface area contributed by atoms with Crippen LogP contribution < -0.4 is 10.6 Å². The highest BCUT2D eigenvalue weighted by atomic mass is 35.5. The number of rotatable bonds is 3. The minimum atomic E-state index is 0. The molecule has 0 bridgehead atoms. The largest absolute Gasteiger partial charge is 0.350 e. The predicted octanol–water partition coefficient (Wildman–Crippen LogP) is 0.983. The van der Waals surface area contributed by atoms with Gasteiger partial charge in [0.2, 0.25) is 5.91 Å². The first kappa shape index (κ1) is 17.2. The van der Waals surface area contributed by atoms with E-state index in [-0.39, 0.29) is 36.8 Å². The van der Waals surface area contributed by atoms with Crippen LogP contribution in [0.15, 0.2) is 18.5 Å².